The van der Waals surface area contributed by atoms with Crippen molar-refractivity contribution >= 4 is 28.9 Å². The first kappa shape index (κ1) is 35.4. The van der Waals surface area contributed by atoms with Gasteiger partial charge in [0.2, 0.25) is 0 Å². The maximum atomic E-state index is 14.1. The van der Waals surface area contributed by atoms with Gasteiger partial charge in [-0.15, -0.1) is 0 Å². The van der Waals surface area contributed by atoms with Gasteiger partial charge in [0.05, 0.1) is 41.5 Å². The van der Waals surface area contributed by atoms with Gasteiger partial charge < -0.3 is 24.0 Å². The molecule has 0 amide bonds. The molecule has 0 spiro atoms. The average molecular weight is 655 g/mol. The van der Waals surface area contributed by atoms with E-state index >= 15 is 0 Å². The number of likely N-dealkylation sites (N-methyl/N-ethyl adjacent to an activating group) is 1. The number of hydrogen-bond donors (Lipinski definition) is 0. The van der Waals surface area contributed by atoms with Crippen molar-refractivity contribution in [3.05, 3.63) is 64.8 Å². The van der Waals surface area contributed by atoms with Gasteiger partial charge in [-0.25, -0.2) is 9.18 Å². The standard InChI is InChI=1S/C36H48ClFN4O4/c1-23(2)45-34(43)33(46-35(4,5)6)31-24(3)39-22-27(32(31)42-16-14-36(7,8)15-17-42)29-12-11-26(21-40-29)41(9)18-19-44-30-13-10-25(37)20-28(30)38/h10-13,20-23,33H,14-19H2,1-9H3/t33-/m0/s1. The average Bonchev–Trinajstić information content (AvgIpc) is 2.96. The minimum absolute atomic E-state index is 0.161. The molecule has 0 radical (unpaired) electrons. The van der Waals surface area contributed by atoms with Crippen molar-refractivity contribution in [2.45, 2.75) is 86.0 Å². The van der Waals surface area contributed by atoms with Gasteiger partial charge in [0, 0.05) is 48.2 Å². The normalized spacial score (nSPS) is 15.5. The van der Waals surface area contributed by atoms with E-state index in [9.17, 15) is 9.18 Å². The zero-order valence-electron chi connectivity index (χ0n) is 28.6. The molecule has 250 valence electrons. The third-order valence-electron chi connectivity index (χ3n) is 8.06. The van der Waals surface area contributed by atoms with Crippen LogP contribution in [0.3, 0.4) is 0 Å². The van der Waals surface area contributed by atoms with E-state index in [2.05, 4.69) is 18.7 Å². The first-order chi connectivity index (χ1) is 21.5. The molecule has 4 rings (SSSR count). The van der Waals surface area contributed by atoms with Crippen LogP contribution in [0.1, 0.15) is 78.7 Å². The second kappa shape index (κ2) is 14.6. The number of nitrogens with zero attached hydrogens (tertiary/aromatic N) is 4. The van der Waals surface area contributed by atoms with Gasteiger partial charge in [0.1, 0.15) is 6.61 Å². The third kappa shape index (κ3) is 9.10. The number of piperidine rings is 1. The molecule has 1 aliphatic rings. The van der Waals surface area contributed by atoms with Crippen LogP contribution in [0.4, 0.5) is 15.8 Å². The topological polar surface area (TPSA) is 77.0 Å². The smallest absolute Gasteiger partial charge is 0.340 e. The lowest BCUT2D eigenvalue weighted by molar-refractivity contribution is -0.171. The number of halogens is 2. The van der Waals surface area contributed by atoms with E-state index < -0.39 is 23.5 Å². The van der Waals surface area contributed by atoms with Crippen molar-refractivity contribution in [3.8, 4) is 17.0 Å². The van der Waals surface area contributed by atoms with Crippen molar-refractivity contribution in [1.82, 2.24) is 9.97 Å². The highest BCUT2D eigenvalue weighted by Gasteiger charge is 2.37. The van der Waals surface area contributed by atoms with Gasteiger partial charge in [-0.2, -0.15) is 0 Å². The van der Waals surface area contributed by atoms with Crippen LogP contribution in [0.2, 0.25) is 5.02 Å². The van der Waals surface area contributed by atoms with Crippen LogP contribution in [-0.2, 0) is 14.3 Å². The molecule has 10 heteroatoms. The molecule has 0 unspecified atom stereocenters. The molecule has 1 saturated heterocycles. The van der Waals surface area contributed by atoms with Gasteiger partial charge in [-0.3, -0.25) is 9.97 Å². The molecule has 0 bridgehead atoms. The Morgan fingerprint density at radius 3 is 2.39 bits per heavy atom. The van der Waals surface area contributed by atoms with Crippen molar-refractivity contribution in [1.29, 1.82) is 0 Å². The minimum atomic E-state index is -0.962. The van der Waals surface area contributed by atoms with Gasteiger partial charge in [-0.1, -0.05) is 25.4 Å². The van der Waals surface area contributed by atoms with Gasteiger partial charge in [0.25, 0.3) is 0 Å². The summed E-state index contributed by atoms with van der Waals surface area (Å²) in [4.78, 5) is 27.6. The summed E-state index contributed by atoms with van der Waals surface area (Å²) in [5, 5.41) is 0.323. The second-order valence-electron chi connectivity index (χ2n) is 14.0. The summed E-state index contributed by atoms with van der Waals surface area (Å²) in [5.41, 5.74) is 4.39. The fraction of sp³-hybridized carbons (Fsp3) is 0.528. The number of carbonyl (C=O) groups is 1. The largest absolute Gasteiger partial charge is 0.489 e. The molecule has 2 aromatic heterocycles. The lowest BCUT2D eigenvalue weighted by Gasteiger charge is -2.41. The Balaban J connectivity index is 1.68. The molecule has 3 heterocycles. The molecular formula is C36H48ClFN4O4. The van der Waals surface area contributed by atoms with Crippen molar-refractivity contribution in [3.63, 3.8) is 0 Å². The molecule has 0 N–H and O–H groups in total. The minimum Gasteiger partial charge on any atom is -0.489 e. The van der Waals surface area contributed by atoms with Gasteiger partial charge >= 0.3 is 5.97 Å². The Bertz CT molecular complexity index is 1500. The van der Waals surface area contributed by atoms with E-state index in [-0.39, 0.29) is 23.9 Å². The monoisotopic (exact) mass is 654 g/mol. The first-order valence-electron chi connectivity index (χ1n) is 15.9. The summed E-state index contributed by atoms with van der Waals surface area (Å²) in [5.74, 6) is -0.766. The molecule has 46 heavy (non-hydrogen) atoms. The van der Waals surface area contributed by atoms with E-state index in [0.29, 0.717) is 22.8 Å². The number of esters is 1. The molecule has 1 fully saturated rings. The number of aromatic nitrogens is 2. The highest BCUT2D eigenvalue weighted by molar-refractivity contribution is 6.30. The molecule has 3 aromatic rings. The number of anilines is 2. The van der Waals surface area contributed by atoms with Crippen LogP contribution in [0.15, 0.2) is 42.7 Å². The molecule has 0 saturated carbocycles. The number of aryl methyl sites for hydroxylation is 1. The van der Waals surface area contributed by atoms with Gasteiger partial charge in [-0.05, 0) is 90.1 Å². The fourth-order valence-electron chi connectivity index (χ4n) is 5.44. The first-order valence-corrected chi connectivity index (χ1v) is 16.3. The van der Waals surface area contributed by atoms with Gasteiger partial charge in [0.15, 0.2) is 17.7 Å². The number of hydrogen-bond acceptors (Lipinski definition) is 8. The summed E-state index contributed by atoms with van der Waals surface area (Å²) in [7, 11) is 1.93. The van der Waals surface area contributed by atoms with E-state index in [0.717, 1.165) is 48.6 Å². The Labute approximate surface area is 278 Å². The highest BCUT2D eigenvalue weighted by atomic mass is 35.5. The molecular weight excluding hydrogens is 607 g/mol. The van der Waals surface area contributed by atoms with E-state index in [4.69, 9.17) is 35.8 Å². The summed E-state index contributed by atoms with van der Waals surface area (Å²) >= 11 is 5.85. The number of carbonyl (C=O) groups excluding carboxylic acids is 1. The Hall–Kier alpha value is -3.43. The summed E-state index contributed by atoms with van der Waals surface area (Å²) in [6.07, 6.45) is 4.40. The molecule has 1 aromatic carbocycles. The maximum absolute atomic E-state index is 14.1. The second-order valence-corrected chi connectivity index (χ2v) is 14.4. The molecule has 0 aliphatic carbocycles. The fourth-order valence-corrected chi connectivity index (χ4v) is 5.60. The number of benzene rings is 1. The zero-order valence-corrected chi connectivity index (χ0v) is 29.4. The zero-order chi connectivity index (χ0) is 33.8. The lowest BCUT2D eigenvalue weighted by Crippen LogP contribution is -2.39. The number of pyridine rings is 2. The Morgan fingerprint density at radius 1 is 1.11 bits per heavy atom. The van der Waals surface area contributed by atoms with Crippen LogP contribution < -0.4 is 14.5 Å². The summed E-state index contributed by atoms with van der Waals surface area (Å²) in [6, 6.07) is 8.31. The quantitative estimate of drug-likeness (QED) is 0.192. The highest BCUT2D eigenvalue weighted by Crippen LogP contribution is 2.43. The number of rotatable bonds is 11. The van der Waals surface area contributed by atoms with Crippen LogP contribution >= 0.6 is 11.6 Å². The predicted octanol–water partition coefficient (Wildman–Crippen LogP) is 8.19. The van der Waals surface area contributed by atoms with Crippen LogP contribution in [-0.4, -0.2) is 60.9 Å². The van der Waals surface area contributed by atoms with Crippen LogP contribution in [0.25, 0.3) is 11.3 Å². The van der Waals surface area contributed by atoms with E-state index in [1.807, 2.05) is 71.8 Å². The van der Waals surface area contributed by atoms with E-state index in [1.54, 1.807) is 12.3 Å². The Morgan fingerprint density at radius 2 is 1.80 bits per heavy atom. The SMILES string of the molecule is Cc1ncc(-c2ccc(N(C)CCOc3ccc(Cl)cc3F)cn2)c(N2CCC(C)(C)CC2)c1[C@H](OC(C)(C)C)C(=O)OC(C)C. The molecule has 8 nitrogen and oxygen atoms in total. The van der Waals surface area contributed by atoms with Crippen molar-refractivity contribution in [2.75, 3.05) is 43.1 Å². The third-order valence-corrected chi connectivity index (χ3v) is 8.30. The van der Waals surface area contributed by atoms with Crippen LogP contribution in [0.5, 0.6) is 5.75 Å². The van der Waals surface area contributed by atoms with Crippen LogP contribution in [0, 0.1) is 18.2 Å². The number of ether oxygens (including phenoxy) is 3. The van der Waals surface area contributed by atoms with Crippen molar-refractivity contribution < 1.29 is 23.4 Å². The lowest BCUT2D eigenvalue weighted by atomic mass is 9.82. The molecule has 1 atom stereocenters. The Kier molecular flexibility index (Phi) is 11.2. The predicted molar refractivity (Wildman–Crippen MR) is 182 cm³/mol. The maximum Gasteiger partial charge on any atom is 0.340 e. The van der Waals surface area contributed by atoms with Crippen molar-refractivity contribution in [2.24, 2.45) is 5.41 Å². The summed E-state index contributed by atoms with van der Waals surface area (Å²) in [6.45, 7) is 18.4. The molecule has 1 aliphatic heterocycles. The van der Waals surface area contributed by atoms with E-state index in [1.165, 1.54) is 12.1 Å². The summed E-state index contributed by atoms with van der Waals surface area (Å²) < 4.78 is 31.9.